The van der Waals surface area contributed by atoms with Crippen LogP contribution in [0.15, 0.2) is 18.2 Å². The number of esters is 2. The van der Waals surface area contributed by atoms with Crippen molar-refractivity contribution in [3.63, 3.8) is 0 Å². The number of benzene rings is 1. The highest BCUT2D eigenvalue weighted by Crippen LogP contribution is 2.24. The van der Waals surface area contributed by atoms with E-state index in [1.807, 2.05) is 0 Å². The van der Waals surface area contributed by atoms with Crippen molar-refractivity contribution in [1.29, 1.82) is 0 Å². The van der Waals surface area contributed by atoms with Crippen LogP contribution in [0, 0.1) is 0 Å². The Labute approximate surface area is 112 Å². The molecule has 0 saturated heterocycles. The number of carbonyl (C=O) groups excluding carboxylic acids is 3. The van der Waals surface area contributed by atoms with Crippen molar-refractivity contribution in [1.82, 2.24) is 0 Å². The van der Waals surface area contributed by atoms with Crippen LogP contribution >= 0.6 is 15.9 Å². The monoisotopic (exact) mass is 314 g/mol. The van der Waals surface area contributed by atoms with Crippen LogP contribution in [0.25, 0.3) is 0 Å². The lowest BCUT2D eigenvalue weighted by Crippen LogP contribution is -2.07. The molecule has 1 aromatic rings. The molecule has 0 amide bonds. The van der Waals surface area contributed by atoms with Gasteiger partial charge in [0.15, 0.2) is 5.78 Å². The number of alkyl halides is 1. The number of rotatable bonds is 4. The van der Waals surface area contributed by atoms with Crippen LogP contribution in [0.1, 0.15) is 24.2 Å². The van der Waals surface area contributed by atoms with Crippen molar-refractivity contribution in [3.8, 4) is 11.5 Å². The van der Waals surface area contributed by atoms with Gasteiger partial charge in [-0.1, -0.05) is 15.9 Å². The molecule has 0 spiro atoms. The summed E-state index contributed by atoms with van der Waals surface area (Å²) >= 11 is 3.04. The first-order valence-corrected chi connectivity index (χ1v) is 6.15. The van der Waals surface area contributed by atoms with E-state index in [2.05, 4.69) is 15.9 Å². The second kappa shape index (κ2) is 6.30. The molecule has 0 fully saturated rings. The van der Waals surface area contributed by atoms with Crippen molar-refractivity contribution in [2.24, 2.45) is 0 Å². The molecule has 0 aromatic heterocycles. The van der Waals surface area contributed by atoms with Crippen molar-refractivity contribution in [3.05, 3.63) is 23.8 Å². The summed E-state index contributed by atoms with van der Waals surface area (Å²) in [5, 5.41) is 0.121. The molecule has 0 saturated carbocycles. The van der Waals surface area contributed by atoms with Crippen LogP contribution in [0.5, 0.6) is 11.5 Å². The van der Waals surface area contributed by atoms with Gasteiger partial charge in [0.25, 0.3) is 0 Å². The quantitative estimate of drug-likeness (QED) is 0.368. The van der Waals surface area contributed by atoms with Gasteiger partial charge in [0.05, 0.1) is 5.33 Å². The number of ether oxygens (including phenoxy) is 2. The van der Waals surface area contributed by atoms with Crippen LogP contribution in [0.4, 0.5) is 0 Å². The lowest BCUT2D eigenvalue weighted by atomic mass is 10.1. The maximum atomic E-state index is 11.6. The number of hydrogen-bond donors (Lipinski definition) is 0. The smallest absolute Gasteiger partial charge is 0.308 e. The van der Waals surface area contributed by atoms with Gasteiger partial charge >= 0.3 is 11.9 Å². The van der Waals surface area contributed by atoms with Crippen LogP contribution in [-0.4, -0.2) is 23.1 Å². The average molecular weight is 315 g/mol. The van der Waals surface area contributed by atoms with Crippen LogP contribution in [0.3, 0.4) is 0 Å². The van der Waals surface area contributed by atoms with E-state index >= 15 is 0 Å². The summed E-state index contributed by atoms with van der Waals surface area (Å²) in [5.74, 6) is -0.937. The predicted molar refractivity (Wildman–Crippen MR) is 67.2 cm³/mol. The van der Waals surface area contributed by atoms with Gasteiger partial charge < -0.3 is 9.47 Å². The Morgan fingerprint density at radius 1 is 1.00 bits per heavy atom. The van der Waals surface area contributed by atoms with E-state index in [1.165, 1.54) is 32.0 Å². The molecule has 0 radical (unpaired) electrons. The Bertz CT molecular complexity index is 461. The van der Waals surface area contributed by atoms with E-state index in [-0.39, 0.29) is 22.6 Å². The first kappa shape index (κ1) is 14.4. The van der Waals surface area contributed by atoms with Crippen molar-refractivity contribution < 1.29 is 23.9 Å². The van der Waals surface area contributed by atoms with Crippen molar-refractivity contribution >= 4 is 33.7 Å². The summed E-state index contributed by atoms with van der Waals surface area (Å²) in [5.41, 5.74) is 0.293. The molecule has 5 nitrogen and oxygen atoms in total. The second-order valence-electron chi connectivity index (χ2n) is 3.44. The standard InChI is InChI=1S/C12H11BrO5/c1-7(14)17-10-3-9(12(16)6-13)4-11(5-10)18-8(2)15/h3-5H,6H2,1-2H3. The van der Waals surface area contributed by atoms with E-state index in [9.17, 15) is 14.4 Å². The van der Waals surface area contributed by atoms with E-state index < -0.39 is 11.9 Å². The largest absolute Gasteiger partial charge is 0.427 e. The third-order valence-electron chi connectivity index (χ3n) is 1.85. The summed E-state index contributed by atoms with van der Waals surface area (Å²) in [7, 11) is 0. The maximum absolute atomic E-state index is 11.6. The number of ketones is 1. The molecule has 0 unspecified atom stereocenters. The molecule has 0 aliphatic heterocycles. The Morgan fingerprint density at radius 3 is 1.78 bits per heavy atom. The Hall–Kier alpha value is -1.69. The third kappa shape index (κ3) is 4.29. The summed E-state index contributed by atoms with van der Waals surface area (Å²) in [6.07, 6.45) is 0. The second-order valence-corrected chi connectivity index (χ2v) is 4.00. The lowest BCUT2D eigenvalue weighted by molar-refractivity contribution is -0.132. The highest BCUT2D eigenvalue weighted by molar-refractivity contribution is 9.09. The SMILES string of the molecule is CC(=O)Oc1cc(OC(C)=O)cc(C(=O)CBr)c1. The number of hydrogen-bond acceptors (Lipinski definition) is 5. The van der Waals surface area contributed by atoms with Gasteiger partial charge in [0, 0.05) is 25.5 Å². The Balaban J connectivity index is 3.14. The first-order valence-electron chi connectivity index (χ1n) is 5.03. The van der Waals surface area contributed by atoms with E-state index in [0.717, 1.165) is 0 Å². The molecule has 18 heavy (non-hydrogen) atoms. The fourth-order valence-electron chi connectivity index (χ4n) is 1.26. The molecule has 6 heteroatoms. The highest BCUT2D eigenvalue weighted by atomic mass is 79.9. The normalized spacial score (nSPS) is 9.72. The molecule has 0 aliphatic carbocycles. The average Bonchev–Trinajstić information content (AvgIpc) is 2.25. The zero-order chi connectivity index (χ0) is 13.7. The molecular weight excluding hydrogens is 304 g/mol. The molecule has 0 aliphatic rings. The minimum Gasteiger partial charge on any atom is -0.427 e. The molecule has 96 valence electrons. The lowest BCUT2D eigenvalue weighted by Gasteiger charge is -2.07. The Morgan fingerprint density at radius 2 is 1.44 bits per heavy atom. The molecule has 0 bridgehead atoms. The van der Waals surface area contributed by atoms with Crippen molar-refractivity contribution in [2.45, 2.75) is 13.8 Å². The van der Waals surface area contributed by atoms with Gasteiger partial charge in [-0.2, -0.15) is 0 Å². The third-order valence-corrected chi connectivity index (χ3v) is 2.36. The van der Waals surface area contributed by atoms with Crippen molar-refractivity contribution in [2.75, 3.05) is 5.33 Å². The summed E-state index contributed by atoms with van der Waals surface area (Å²) in [4.78, 5) is 33.3. The minimum atomic E-state index is -0.521. The highest BCUT2D eigenvalue weighted by Gasteiger charge is 2.11. The van der Waals surface area contributed by atoms with Gasteiger partial charge in [0.1, 0.15) is 11.5 Å². The molecular formula is C12H11BrO5. The molecule has 0 N–H and O–H groups in total. The van der Waals surface area contributed by atoms with Gasteiger partial charge in [-0.05, 0) is 12.1 Å². The summed E-state index contributed by atoms with van der Waals surface area (Å²) < 4.78 is 9.75. The zero-order valence-corrected chi connectivity index (χ0v) is 11.4. The maximum Gasteiger partial charge on any atom is 0.308 e. The molecule has 0 atom stereocenters. The van der Waals surface area contributed by atoms with Gasteiger partial charge in [-0.25, -0.2) is 0 Å². The number of carbonyl (C=O) groups is 3. The minimum absolute atomic E-state index is 0.121. The fourth-order valence-corrected chi connectivity index (χ4v) is 1.58. The summed E-state index contributed by atoms with van der Waals surface area (Å²) in [6, 6.07) is 4.20. The first-order chi connectivity index (χ1) is 8.42. The van der Waals surface area contributed by atoms with Gasteiger partial charge in [0.2, 0.25) is 0 Å². The fraction of sp³-hybridized carbons (Fsp3) is 0.250. The van der Waals surface area contributed by atoms with E-state index in [1.54, 1.807) is 0 Å². The predicted octanol–water partition coefficient (Wildman–Crippen LogP) is 2.11. The van der Waals surface area contributed by atoms with Crippen LogP contribution in [0.2, 0.25) is 0 Å². The van der Waals surface area contributed by atoms with E-state index in [0.29, 0.717) is 5.56 Å². The number of halogens is 1. The van der Waals surface area contributed by atoms with Crippen LogP contribution in [-0.2, 0) is 9.59 Å². The summed E-state index contributed by atoms with van der Waals surface area (Å²) in [6.45, 7) is 2.48. The van der Waals surface area contributed by atoms with Crippen LogP contribution < -0.4 is 9.47 Å². The zero-order valence-electron chi connectivity index (χ0n) is 9.86. The molecule has 1 rings (SSSR count). The Kier molecular flexibility index (Phi) is 5.03. The number of Topliss-reactive ketones (excluding diaryl/α,β-unsaturated/α-hetero) is 1. The van der Waals surface area contributed by atoms with Gasteiger partial charge in [-0.15, -0.1) is 0 Å². The topological polar surface area (TPSA) is 69.7 Å². The molecule has 0 heterocycles. The molecule has 1 aromatic carbocycles. The van der Waals surface area contributed by atoms with E-state index in [4.69, 9.17) is 9.47 Å². The van der Waals surface area contributed by atoms with Gasteiger partial charge in [-0.3, -0.25) is 14.4 Å².